The summed E-state index contributed by atoms with van der Waals surface area (Å²) in [5.41, 5.74) is 1.82. The minimum Gasteiger partial charge on any atom is -0.497 e. The van der Waals surface area contributed by atoms with Gasteiger partial charge >= 0.3 is 0 Å². The molecular formula is C16H14ClNO2. The highest BCUT2D eigenvalue weighted by molar-refractivity contribution is 6.19. The van der Waals surface area contributed by atoms with Crippen LogP contribution < -0.4 is 9.47 Å². The zero-order chi connectivity index (χ0) is 14.2. The summed E-state index contributed by atoms with van der Waals surface area (Å²) in [6.07, 6.45) is 3.34. The van der Waals surface area contributed by atoms with Crippen molar-refractivity contribution in [2.45, 2.75) is 6.61 Å². The fraction of sp³-hybridized carbons (Fsp3) is 0.188. The predicted molar refractivity (Wildman–Crippen MR) is 79.2 cm³/mol. The minimum absolute atomic E-state index is 0.300. The van der Waals surface area contributed by atoms with Gasteiger partial charge in [-0.1, -0.05) is 24.0 Å². The highest BCUT2D eigenvalue weighted by Gasteiger charge is 1.99. The van der Waals surface area contributed by atoms with E-state index in [4.69, 9.17) is 21.1 Å². The molecule has 0 unspecified atom stereocenters. The second-order valence-electron chi connectivity index (χ2n) is 3.98. The van der Waals surface area contributed by atoms with Crippen molar-refractivity contribution in [1.29, 1.82) is 0 Å². The van der Waals surface area contributed by atoms with Crippen LogP contribution in [0.2, 0.25) is 0 Å². The van der Waals surface area contributed by atoms with Gasteiger partial charge in [0, 0.05) is 11.8 Å². The summed E-state index contributed by atoms with van der Waals surface area (Å²) < 4.78 is 10.9. The SMILES string of the molecule is COc1cccc(COc2cncc(C#CCCl)c2)c1. The molecule has 102 valence electrons. The fourth-order valence-corrected chi connectivity index (χ4v) is 1.70. The molecule has 0 radical (unpaired) electrons. The van der Waals surface area contributed by atoms with E-state index in [1.807, 2.05) is 30.3 Å². The first-order valence-electron chi connectivity index (χ1n) is 6.07. The molecular weight excluding hydrogens is 274 g/mol. The molecule has 0 fully saturated rings. The first-order chi connectivity index (χ1) is 9.81. The largest absolute Gasteiger partial charge is 0.497 e. The average Bonchev–Trinajstić information content (AvgIpc) is 2.51. The molecule has 0 saturated heterocycles. The summed E-state index contributed by atoms with van der Waals surface area (Å²) in [4.78, 5) is 4.09. The molecule has 0 aliphatic heterocycles. The molecule has 4 heteroatoms. The summed E-state index contributed by atoms with van der Waals surface area (Å²) in [6.45, 7) is 0.450. The predicted octanol–water partition coefficient (Wildman–Crippen LogP) is 3.26. The minimum atomic E-state index is 0.300. The quantitative estimate of drug-likeness (QED) is 0.639. The lowest BCUT2D eigenvalue weighted by Gasteiger charge is -2.07. The Morgan fingerprint density at radius 2 is 2.10 bits per heavy atom. The maximum Gasteiger partial charge on any atom is 0.139 e. The van der Waals surface area contributed by atoms with E-state index in [0.717, 1.165) is 16.9 Å². The number of aromatic nitrogens is 1. The van der Waals surface area contributed by atoms with Gasteiger partial charge in [-0.05, 0) is 23.8 Å². The van der Waals surface area contributed by atoms with Gasteiger partial charge < -0.3 is 9.47 Å². The van der Waals surface area contributed by atoms with Crippen LogP contribution in [0.5, 0.6) is 11.5 Å². The second-order valence-corrected chi connectivity index (χ2v) is 4.25. The zero-order valence-electron chi connectivity index (χ0n) is 11.1. The Balaban J connectivity index is 2.03. The van der Waals surface area contributed by atoms with Crippen LogP contribution in [0.4, 0.5) is 0 Å². The molecule has 0 spiro atoms. The van der Waals surface area contributed by atoms with E-state index in [-0.39, 0.29) is 0 Å². The molecule has 2 rings (SSSR count). The second kappa shape index (κ2) is 7.42. The van der Waals surface area contributed by atoms with Crippen molar-refractivity contribution in [2.75, 3.05) is 13.0 Å². The van der Waals surface area contributed by atoms with Gasteiger partial charge in [-0.2, -0.15) is 0 Å². The molecule has 0 bridgehead atoms. The number of benzene rings is 1. The lowest BCUT2D eigenvalue weighted by Crippen LogP contribution is -1.96. The highest BCUT2D eigenvalue weighted by atomic mass is 35.5. The van der Waals surface area contributed by atoms with Crippen LogP contribution in [0.1, 0.15) is 11.1 Å². The van der Waals surface area contributed by atoms with Crippen molar-refractivity contribution < 1.29 is 9.47 Å². The van der Waals surface area contributed by atoms with Crippen molar-refractivity contribution in [1.82, 2.24) is 4.98 Å². The first-order valence-corrected chi connectivity index (χ1v) is 6.61. The molecule has 2 aromatic rings. The van der Waals surface area contributed by atoms with Gasteiger partial charge in [-0.15, -0.1) is 11.6 Å². The number of nitrogens with zero attached hydrogens (tertiary/aromatic N) is 1. The van der Waals surface area contributed by atoms with E-state index in [0.29, 0.717) is 18.2 Å². The van der Waals surface area contributed by atoms with Crippen LogP contribution in [-0.2, 0) is 6.61 Å². The summed E-state index contributed by atoms with van der Waals surface area (Å²) in [7, 11) is 1.64. The van der Waals surface area contributed by atoms with E-state index < -0.39 is 0 Å². The molecule has 0 aliphatic carbocycles. The molecule has 20 heavy (non-hydrogen) atoms. The Morgan fingerprint density at radius 3 is 2.90 bits per heavy atom. The Morgan fingerprint density at radius 1 is 1.20 bits per heavy atom. The smallest absolute Gasteiger partial charge is 0.139 e. The van der Waals surface area contributed by atoms with Gasteiger partial charge in [0.1, 0.15) is 18.1 Å². The van der Waals surface area contributed by atoms with Gasteiger partial charge in [0.05, 0.1) is 19.2 Å². The molecule has 3 nitrogen and oxygen atoms in total. The van der Waals surface area contributed by atoms with Crippen LogP contribution in [0.25, 0.3) is 0 Å². The molecule has 0 atom stereocenters. The van der Waals surface area contributed by atoms with Crippen LogP contribution in [0.3, 0.4) is 0 Å². The standard InChI is InChI=1S/C16H14ClNO2/c1-19-15-6-2-4-14(9-15)12-20-16-8-13(5-3-7-17)10-18-11-16/h2,4,6,8-11H,7,12H2,1H3. The van der Waals surface area contributed by atoms with Crippen LogP contribution in [0.15, 0.2) is 42.7 Å². The third kappa shape index (κ3) is 4.18. The van der Waals surface area contributed by atoms with Gasteiger partial charge in [0.25, 0.3) is 0 Å². The fourth-order valence-electron chi connectivity index (χ4n) is 1.63. The van der Waals surface area contributed by atoms with Crippen LogP contribution in [0, 0.1) is 11.8 Å². The first kappa shape index (κ1) is 14.2. The number of pyridine rings is 1. The maximum absolute atomic E-state index is 5.69. The molecule has 1 heterocycles. The van der Waals surface area contributed by atoms with Gasteiger partial charge in [-0.25, -0.2) is 0 Å². The van der Waals surface area contributed by atoms with Crippen molar-refractivity contribution in [2.24, 2.45) is 0 Å². The summed E-state index contributed by atoms with van der Waals surface area (Å²) in [6, 6.07) is 9.58. The Kier molecular flexibility index (Phi) is 5.28. The number of hydrogen-bond donors (Lipinski definition) is 0. The topological polar surface area (TPSA) is 31.4 Å². The Bertz CT molecular complexity index is 632. The van der Waals surface area contributed by atoms with Gasteiger partial charge in [-0.3, -0.25) is 4.98 Å². The third-order valence-corrected chi connectivity index (χ3v) is 2.69. The lowest BCUT2D eigenvalue weighted by molar-refractivity contribution is 0.304. The summed E-state index contributed by atoms with van der Waals surface area (Å²) >= 11 is 5.52. The number of hydrogen-bond acceptors (Lipinski definition) is 3. The summed E-state index contributed by atoms with van der Waals surface area (Å²) in [5.74, 6) is 7.48. The van der Waals surface area contributed by atoms with Crippen LogP contribution in [-0.4, -0.2) is 18.0 Å². The van der Waals surface area contributed by atoms with E-state index in [9.17, 15) is 0 Å². The van der Waals surface area contributed by atoms with Crippen molar-refractivity contribution >= 4 is 11.6 Å². The zero-order valence-corrected chi connectivity index (χ0v) is 11.9. The molecule has 1 aromatic carbocycles. The van der Waals surface area contributed by atoms with Gasteiger partial charge in [0.2, 0.25) is 0 Å². The molecule has 0 amide bonds. The normalized spacial score (nSPS) is 9.50. The number of halogens is 1. The van der Waals surface area contributed by atoms with E-state index in [1.165, 1.54) is 0 Å². The third-order valence-electron chi connectivity index (χ3n) is 2.55. The van der Waals surface area contributed by atoms with E-state index in [1.54, 1.807) is 19.5 Å². The molecule has 0 aliphatic rings. The van der Waals surface area contributed by atoms with Crippen LogP contribution >= 0.6 is 11.6 Å². The van der Waals surface area contributed by atoms with Crippen molar-refractivity contribution in [3.8, 4) is 23.3 Å². The monoisotopic (exact) mass is 287 g/mol. The number of alkyl halides is 1. The van der Waals surface area contributed by atoms with E-state index >= 15 is 0 Å². The number of ether oxygens (including phenoxy) is 2. The van der Waals surface area contributed by atoms with Crippen molar-refractivity contribution in [3.63, 3.8) is 0 Å². The summed E-state index contributed by atoms with van der Waals surface area (Å²) in [5, 5.41) is 0. The van der Waals surface area contributed by atoms with Crippen molar-refractivity contribution in [3.05, 3.63) is 53.9 Å². The highest BCUT2D eigenvalue weighted by Crippen LogP contribution is 2.16. The Hall–Kier alpha value is -2.18. The molecule has 0 saturated carbocycles. The molecule has 1 aromatic heterocycles. The van der Waals surface area contributed by atoms with E-state index in [2.05, 4.69) is 16.8 Å². The molecule has 0 N–H and O–H groups in total. The maximum atomic E-state index is 5.69. The number of methoxy groups -OCH3 is 1. The van der Waals surface area contributed by atoms with Gasteiger partial charge in [0.15, 0.2) is 0 Å². The number of rotatable bonds is 4. The Labute approximate surface area is 123 Å². The average molecular weight is 288 g/mol. The lowest BCUT2D eigenvalue weighted by atomic mass is 10.2.